The summed E-state index contributed by atoms with van der Waals surface area (Å²) < 4.78 is 52.3. The van der Waals surface area contributed by atoms with E-state index in [-0.39, 0.29) is 27.8 Å². The molecule has 8 heteroatoms. The van der Waals surface area contributed by atoms with E-state index in [1.807, 2.05) is 0 Å². The molecule has 2 rings (SSSR count). The molecule has 1 atom stereocenters. The normalized spacial score (nSPS) is 14.1. The minimum Gasteiger partial charge on any atom is -0.495 e. The van der Waals surface area contributed by atoms with Gasteiger partial charge in [-0.3, -0.25) is 0 Å². The average molecular weight is 388 g/mol. The van der Waals surface area contributed by atoms with E-state index < -0.39 is 21.4 Å². The van der Waals surface area contributed by atoms with Crippen LogP contribution in [0.3, 0.4) is 0 Å². The number of ether oxygens (including phenoxy) is 2. The maximum absolute atomic E-state index is 14.1. The Morgan fingerprint density at radius 2 is 1.88 bits per heavy atom. The number of hydrogen-bond acceptors (Lipinski definition) is 4. The summed E-state index contributed by atoms with van der Waals surface area (Å²) >= 11 is 5.89. The second kappa shape index (κ2) is 7.70. The van der Waals surface area contributed by atoms with Crippen LogP contribution in [-0.2, 0) is 20.4 Å². The molecule has 0 bridgehead atoms. The van der Waals surface area contributed by atoms with Gasteiger partial charge in [-0.15, -0.1) is 0 Å². The number of methoxy groups -OCH3 is 2. The largest absolute Gasteiger partial charge is 0.495 e. The van der Waals surface area contributed by atoms with Gasteiger partial charge in [-0.25, -0.2) is 17.5 Å². The summed E-state index contributed by atoms with van der Waals surface area (Å²) in [7, 11) is -1.20. The quantitative estimate of drug-likeness (QED) is 0.791. The molecule has 0 fully saturated rings. The highest BCUT2D eigenvalue weighted by Crippen LogP contribution is 2.29. The van der Waals surface area contributed by atoms with E-state index in [0.29, 0.717) is 0 Å². The van der Waals surface area contributed by atoms with Crippen molar-refractivity contribution in [3.05, 3.63) is 58.9 Å². The van der Waals surface area contributed by atoms with Gasteiger partial charge in [-0.2, -0.15) is 0 Å². The standard InChI is InChI=1S/C17H19ClFNO4S/c1-17(24-3,13-6-4-5-7-14(13)19)11-20-25(21,22)16-10-12(18)8-9-15(16)23-2/h4-10,20H,11H2,1-3H3. The summed E-state index contributed by atoms with van der Waals surface area (Å²) in [5, 5.41) is 0.254. The van der Waals surface area contributed by atoms with Gasteiger partial charge in [0.05, 0.1) is 7.11 Å². The summed E-state index contributed by atoms with van der Waals surface area (Å²) in [4.78, 5) is -0.102. The van der Waals surface area contributed by atoms with E-state index in [9.17, 15) is 12.8 Å². The van der Waals surface area contributed by atoms with Crippen LogP contribution < -0.4 is 9.46 Å². The van der Waals surface area contributed by atoms with Crippen molar-refractivity contribution in [3.8, 4) is 5.75 Å². The minimum absolute atomic E-state index is 0.102. The molecular weight excluding hydrogens is 369 g/mol. The molecule has 5 nitrogen and oxygen atoms in total. The van der Waals surface area contributed by atoms with Gasteiger partial charge >= 0.3 is 0 Å². The van der Waals surface area contributed by atoms with Gasteiger partial charge in [0.1, 0.15) is 22.1 Å². The van der Waals surface area contributed by atoms with Crippen LogP contribution in [0.25, 0.3) is 0 Å². The van der Waals surface area contributed by atoms with Crippen molar-refractivity contribution in [2.45, 2.75) is 17.4 Å². The van der Waals surface area contributed by atoms with Gasteiger partial charge in [0.2, 0.25) is 10.0 Å². The molecule has 25 heavy (non-hydrogen) atoms. The van der Waals surface area contributed by atoms with Crippen LogP contribution >= 0.6 is 11.6 Å². The fourth-order valence-corrected chi connectivity index (χ4v) is 3.89. The Balaban J connectivity index is 2.32. The molecule has 136 valence electrons. The van der Waals surface area contributed by atoms with Gasteiger partial charge in [0.15, 0.2) is 0 Å². The smallest absolute Gasteiger partial charge is 0.244 e. The Labute approximate surface area is 151 Å². The van der Waals surface area contributed by atoms with E-state index in [2.05, 4.69) is 4.72 Å². The predicted molar refractivity (Wildman–Crippen MR) is 94.0 cm³/mol. The number of nitrogens with one attached hydrogen (secondary N) is 1. The van der Waals surface area contributed by atoms with E-state index >= 15 is 0 Å². The van der Waals surface area contributed by atoms with Crippen LogP contribution in [0, 0.1) is 5.82 Å². The highest BCUT2D eigenvalue weighted by Gasteiger charge is 2.32. The molecule has 0 aromatic heterocycles. The number of hydrogen-bond donors (Lipinski definition) is 1. The fourth-order valence-electron chi connectivity index (χ4n) is 2.34. The third kappa shape index (κ3) is 4.30. The number of rotatable bonds is 7. The first-order valence-corrected chi connectivity index (χ1v) is 9.23. The van der Waals surface area contributed by atoms with E-state index in [0.717, 1.165) is 0 Å². The topological polar surface area (TPSA) is 64.6 Å². The molecule has 1 N–H and O–H groups in total. The molecule has 0 saturated heterocycles. The summed E-state index contributed by atoms with van der Waals surface area (Å²) in [6.45, 7) is 1.42. The summed E-state index contributed by atoms with van der Waals surface area (Å²) in [5.74, 6) is -0.326. The van der Waals surface area contributed by atoms with E-state index in [1.54, 1.807) is 25.1 Å². The van der Waals surface area contributed by atoms with Crippen molar-refractivity contribution in [2.24, 2.45) is 0 Å². The molecule has 0 spiro atoms. The van der Waals surface area contributed by atoms with Gasteiger partial charge in [0, 0.05) is 24.2 Å². The second-order valence-electron chi connectivity index (χ2n) is 5.53. The highest BCUT2D eigenvalue weighted by atomic mass is 35.5. The van der Waals surface area contributed by atoms with E-state index in [1.165, 1.54) is 38.5 Å². The zero-order chi connectivity index (χ0) is 18.7. The number of halogens is 2. The first kappa shape index (κ1) is 19.7. The number of sulfonamides is 1. The molecule has 0 saturated carbocycles. The Kier molecular flexibility index (Phi) is 6.05. The molecule has 0 aliphatic carbocycles. The third-order valence-corrected chi connectivity index (χ3v) is 5.57. The van der Waals surface area contributed by atoms with E-state index in [4.69, 9.17) is 21.1 Å². The van der Waals surface area contributed by atoms with Crippen LogP contribution in [0.2, 0.25) is 5.02 Å². The first-order valence-electron chi connectivity index (χ1n) is 7.37. The zero-order valence-electron chi connectivity index (χ0n) is 14.0. The molecule has 0 aliphatic heterocycles. The summed E-state index contributed by atoms with van der Waals surface area (Å²) in [5.41, 5.74) is -0.942. The van der Waals surface area contributed by atoms with Crippen LogP contribution in [0.4, 0.5) is 4.39 Å². The molecule has 0 heterocycles. The number of benzene rings is 2. The predicted octanol–water partition coefficient (Wildman–Crippen LogP) is 3.33. The third-order valence-electron chi connectivity index (χ3n) is 3.91. The average Bonchev–Trinajstić information content (AvgIpc) is 2.60. The lowest BCUT2D eigenvalue weighted by Gasteiger charge is -2.29. The lowest BCUT2D eigenvalue weighted by Crippen LogP contribution is -2.40. The molecule has 0 amide bonds. The second-order valence-corrected chi connectivity index (χ2v) is 7.71. The zero-order valence-corrected chi connectivity index (χ0v) is 15.6. The van der Waals surface area contributed by atoms with Gasteiger partial charge in [-0.05, 0) is 31.2 Å². The minimum atomic E-state index is -3.95. The first-order chi connectivity index (χ1) is 11.7. The van der Waals surface area contributed by atoms with Crippen LogP contribution in [0.1, 0.15) is 12.5 Å². The SMILES string of the molecule is COc1ccc(Cl)cc1S(=O)(=O)NCC(C)(OC)c1ccccc1F. The monoisotopic (exact) mass is 387 g/mol. The van der Waals surface area contributed by atoms with Crippen molar-refractivity contribution in [1.82, 2.24) is 4.72 Å². The lowest BCUT2D eigenvalue weighted by atomic mass is 9.95. The maximum atomic E-state index is 14.1. The fraction of sp³-hybridized carbons (Fsp3) is 0.294. The van der Waals surface area contributed by atoms with Gasteiger partial charge in [0.25, 0.3) is 0 Å². The maximum Gasteiger partial charge on any atom is 0.244 e. The van der Waals surface area contributed by atoms with Crippen LogP contribution in [0.15, 0.2) is 47.4 Å². The van der Waals surface area contributed by atoms with Gasteiger partial charge in [-0.1, -0.05) is 29.8 Å². The Hall–Kier alpha value is -1.67. The molecular formula is C17H19ClFNO4S. The Morgan fingerprint density at radius 3 is 2.48 bits per heavy atom. The van der Waals surface area contributed by atoms with Crippen molar-refractivity contribution in [3.63, 3.8) is 0 Å². The molecule has 2 aromatic carbocycles. The lowest BCUT2D eigenvalue weighted by molar-refractivity contribution is 0.00410. The van der Waals surface area contributed by atoms with Crippen molar-refractivity contribution in [1.29, 1.82) is 0 Å². The Morgan fingerprint density at radius 1 is 1.20 bits per heavy atom. The summed E-state index contributed by atoms with van der Waals surface area (Å²) in [6, 6.07) is 10.3. The Bertz CT molecular complexity index is 859. The van der Waals surface area contributed by atoms with Crippen LogP contribution in [0.5, 0.6) is 5.75 Å². The molecule has 1 unspecified atom stereocenters. The summed E-state index contributed by atoms with van der Waals surface area (Å²) in [6.07, 6.45) is 0. The molecule has 2 aromatic rings. The molecule has 0 radical (unpaired) electrons. The van der Waals surface area contributed by atoms with Crippen molar-refractivity contribution < 1.29 is 22.3 Å². The van der Waals surface area contributed by atoms with Gasteiger partial charge < -0.3 is 9.47 Å². The van der Waals surface area contributed by atoms with Crippen molar-refractivity contribution in [2.75, 3.05) is 20.8 Å². The van der Waals surface area contributed by atoms with Crippen molar-refractivity contribution >= 4 is 21.6 Å². The molecule has 0 aliphatic rings. The highest BCUT2D eigenvalue weighted by molar-refractivity contribution is 7.89. The van der Waals surface area contributed by atoms with Crippen LogP contribution in [-0.4, -0.2) is 29.2 Å².